The summed E-state index contributed by atoms with van der Waals surface area (Å²) in [4.78, 5) is 0. The number of hydrogen-bond donors (Lipinski definition) is 1. The van der Waals surface area contributed by atoms with Crippen LogP contribution in [0.5, 0.6) is 0 Å². The van der Waals surface area contributed by atoms with Gasteiger partial charge in [0.1, 0.15) is 0 Å². The van der Waals surface area contributed by atoms with Crippen LogP contribution >= 0.6 is 0 Å². The van der Waals surface area contributed by atoms with E-state index < -0.39 is 5.60 Å². The van der Waals surface area contributed by atoms with Crippen LogP contribution in [-0.4, -0.2) is 23.9 Å². The van der Waals surface area contributed by atoms with Gasteiger partial charge in [0, 0.05) is 7.11 Å². The summed E-state index contributed by atoms with van der Waals surface area (Å²) in [5.74, 6) is 0. The van der Waals surface area contributed by atoms with Crippen molar-refractivity contribution in [1.82, 2.24) is 0 Å². The van der Waals surface area contributed by atoms with Gasteiger partial charge in [-0.15, -0.1) is 0 Å². The van der Waals surface area contributed by atoms with Gasteiger partial charge in [0.15, 0.2) is 0 Å². The highest BCUT2D eigenvalue weighted by atomic mass is 16.5. The maximum absolute atomic E-state index is 10.1. The molecule has 0 aromatic heterocycles. The van der Waals surface area contributed by atoms with Gasteiger partial charge in [-0.1, -0.05) is 45.4 Å². The number of unbranched alkanes of at least 4 members (excludes halogenated alkanes) is 5. The molecule has 2 nitrogen and oxygen atoms in total. The van der Waals surface area contributed by atoms with Gasteiger partial charge in [-0.25, -0.2) is 0 Å². The largest absolute Gasteiger partial charge is 0.387 e. The summed E-state index contributed by atoms with van der Waals surface area (Å²) < 4.78 is 5.16. The monoisotopic (exact) mass is 216 g/mol. The first-order valence-corrected chi connectivity index (χ1v) is 6.29. The fourth-order valence-electron chi connectivity index (χ4n) is 1.72. The molecule has 0 amide bonds. The topological polar surface area (TPSA) is 29.5 Å². The average Bonchev–Trinajstić information content (AvgIpc) is 2.22. The minimum Gasteiger partial charge on any atom is -0.387 e. The lowest BCUT2D eigenvalue weighted by molar-refractivity contribution is -0.0780. The second-order valence-corrected chi connectivity index (χ2v) is 4.75. The zero-order valence-corrected chi connectivity index (χ0v) is 10.9. The van der Waals surface area contributed by atoms with Crippen LogP contribution in [-0.2, 0) is 4.74 Å². The zero-order chi connectivity index (χ0) is 11.7. The van der Waals surface area contributed by atoms with Gasteiger partial charge in [-0.3, -0.25) is 0 Å². The van der Waals surface area contributed by atoms with E-state index in [-0.39, 0.29) is 6.10 Å². The predicted octanol–water partition coefficient (Wildman–Crippen LogP) is 3.52. The molecule has 0 heterocycles. The van der Waals surface area contributed by atoms with Gasteiger partial charge in [0.05, 0.1) is 11.7 Å². The summed E-state index contributed by atoms with van der Waals surface area (Å²) in [7, 11) is 1.65. The molecule has 0 spiro atoms. The van der Waals surface area contributed by atoms with Crippen molar-refractivity contribution in [3.8, 4) is 0 Å². The first-order valence-electron chi connectivity index (χ1n) is 6.29. The van der Waals surface area contributed by atoms with E-state index in [4.69, 9.17) is 4.74 Å². The van der Waals surface area contributed by atoms with Gasteiger partial charge in [-0.05, 0) is 20.3 Å². The number of ether oxygens (including phenoxy) is 1. The van der Waals surface area contributed by atoms with E-state index in [9.17, 15) is 5.11 Å². The molecule has 0 aliphatic rings. The smallest absolute Gasteiger partial charge is 0.0877 e. The van der Waals surface area contributed by atoms with Gasteiger partial charge in [0.2, 0.25) is 0 Å². The van der Waals surface area contributed by atoms with Crippen LogP contribution < -0.4 is 0 Å². The molecule has 0 radical (unpaired) electrons. The first-order chi connectivity index (χ1) is 7.04. The van der Waals surface area contributed by atoms with E-state index in [0.29, 0.717) is 0 Å². The Morgan fingerprint density at radius 1 is 1.13 bits per heavy atom. The molecule has 1 N–H and O–H groups in total. The van der Waals surface area contributed by atoms with Crippen LogP contribution in [0, 0.1) is 0 Å². The number of rotatable bonds is 9. The second kappa shape index (κ2) is 8.12. The van der Waals surface area contributed by atoms with Crippen LogP contribution in [0.25, 0.3) is 0 Å². The fourth-order valence-corrected chi connectivity index (χ4v) is 1.72. The van der Waals surface area contributed by atoms with E-state index in [1.54, 1.807) is 7.11 Å². The maximum Gasteiger partial charge on any atom is 0.0877 e. The molecule has 0 aromatic rings. The molecule has 15 heavy (non-hydrogen) atoms. The van der Waals surface area contributed by atoms with Crippen LogP contribution in [0.15, 0.2) is 0 Å². The Balaban J connectivity index is 3.48. The van der Waals surface area contributed by atoms with E-state index in [1.807, 2.05) is 13.8 Å². The van der Waals surface area contributed by atoms with Crippen molar-refractivity contribution in [2.24, 2.45) is 0 Å². The summed E-state index contributed by atoms with van der Waals surface area (Å²) in [6.45, 7) is 6.02. The summed E-state index contributed by atoms with van der Waals surface area (Å²) in [6, 6.07) is 0. The van der Waals surface area contributed by atoms with Crippen LogP contribution in [0.1, 0.15) is 65.7 Å². The van der Waals surface area contributed by atoms with E-state index in [2.05, 4.69) is 6.92 Å². The highest BCUT2D eigenvalue weighted by molar-refractivity contribution is 4.79. The lowest BCUT2D eigenvalue weighted by Crippen LogP contribution is -2.38. The summed E-state index contributed by atoms with van der Waals surface area (Å²) in [5, 5.41) is 10.1. The Labute approximate surface area is 95.0 Å². The molecule has 2 atom stereocenters. The Morgan fingerprint density at radius 3 is 2.20 bits per heavy atom. The van der Waals surface area contributed by atoms with Crippen LogP contribution in [0.2, 0.25) is 0 Å². The Morgan fingerprint density at radius 2 is 1.67 bits per heavy atom. The highest BCUT2D eigenvalue weighted by Gasteiger charge is 2.27. The van der Waals surface area contributed by atoms with Crippen molar-refractivity contribution in [3.63, 3.8) is 0 Å². The SMILES string of the molecule is CCCCCCCCC(C)(O)C(C)OC. The van der Waals surface area contributed by atoms with Gasteiger partial charge in [0.25, 0.3) is 0 Å². The fraction of sp³-hybridized carbons (Fsp3) is 1.00. The lowest BCUT2D eigenvalue weighted by Gasteiger charge is -2.29. The molecule has 0 rings (SSSR count). The van der Waals surface area contributed by atoms with E-state index in [0.717, 1.165) is 12.8 Å². The molecular weight excluding hydrogens is 188 g/mol. The van der Waals surface area contributed by atoms with Crippen LogP contribution in [0.4, 0.5) is 0 Å². The molecule has 0 aliphatic heterocycles. The molecular formula is C13H28O2. The second-order valence-electron chi connectivity index (χ2n) is 4.75. The minimum atomic E-state index is -0.667. The molecule has 0 aromatic carbocycles. The molecule has 0 bridgehead atoms. The Hall–Kier alpha value is -0.0800. The standard InChI is InChI=1S/C13H28O2/c1-5-6-7-8-9-10-11-13(3,14)12(2)15-4/h12,14H,5-11H2,1-4H3. The van der Waals surface area contributed by atoms with E-state index >= 15 is 0 Å². The quantitative estimate of drug-likeness (QED) is 0.597. The Bertz CT molecular complexity index is 143. The molecule has 2 unspecified atom stereocenters. The van der Waals surface area contributed by atoms with Gasteiger partial charge < -0.3 is 9.84 Å². The van der Waals surface area contributed by atoms with Crippen molar-refractivity contribution in [3.05, 3.63) is 0 Å². The molecule has 0 aliphatic carbocycles. The zero-order valence-electron chi connectivity index (χ0n) is 10.9. The molecule has 92 valence electrons. The van der Waals surface area contributed by atoms with Crippen molar-refractivity contribution in [1.29, 1.82) is 0 Å². The number of hydrogen-bond acceptors (Lipinski definition) is 2. The van der Waals surface area contributed by atoms with Gasteiger partial charge >= 0.3 is 0 Å². The third-order valence-corrected chi connectivity index (χ3v) is 3.27. The Kier molecular flexibility index (Phi) is 8.07. The average molecular weight is 216 g/mol. The van der Waals surface area contributed by atoms with Crippen molar-refractivity contribution in [2.75, 3.05) is 7.11 Å². The molecule has 2 heteroatoms. The minimum absolute atomic E-state index is 0.0758. The summed E-state index contributed by atoms with van der Waals surface area (Å²) in [6.07, 6.45) is 8.35. The normalized spacial score (nSPS) is 17.4. The van der Waals surface area contributed by atoms with Crippen molar-refractivity contribution < 1.29 is 9.84 Å². The lowest BCUT2D eigenvalue weighted by atomic mass is 9.93. The van der Waals surface area contributed by atoms with Crippen molar-refractivity contribution in [2.45, 2.75) is 77.4 Å². The molecule has 0 saturated heterocycles. The van der Waals surface area contributed by atoms with Gasteiger partial charge in [-0.2, -0.15) is 0 Å². The van der Waals surface area contributed by atoms with Crippen molar-refractivity contribution >= 4 is 0 Å². The summed E-state index contributed by atoms with van der Waals surface area (Å²) >= 11 is 0. The third-order valence-electron chi connectivity index (χ3n) is 3.27. The van der Waals surface area contributed by atoms with E-state index in [1.165, 1.54) is 32.1 Å². The predicted molar refractivity (Wildman–Crippen MR) is 65.1 cm³/mol. The first kappa shape index (κ1) is 14.9. The summed E-state index contributed by atoms with van der Waals surface area (Å²) in [5.41, 5.74) is -0.667. The number of aliphatic hydroxyl groups is 1. The molecule has 0 saturated carbocycles. The molecule has 0 fully saturated rings. The highest BCUT2D eigenvalue weighted by Crippen LogP contribution is 2.21. The maximum atomic E-state index is 10.1. The van der Waals surface area contributed by atoms with Crippen LogP contribution in [0.3, 0.4) is 0 Å². The number of methoxy groups -OCH3 is 1. The third kappa shape index (κ3) is 6.91.